The lowest BCUT2D eigenvalue weighted by Crippen LogP contribution is -2.34. The zero-order chi connectivity index (χ0) is 15.5. The summed E-state index contributed by atoms with van der Waals surface area (Å²) in [4.78, 5) is 22.9. The average molecular weight is 296 g/mol. The van der Waals surface area contributed by atoms with Gasteiger partial charge in [0.15, 0.2) is 0 Å². The van der Waals surface area contributed by atoms with Crippen molar-refractivity contribution in [2.24, 2.45) is 0 Å². The molecule has 114 valence electrons. The van der Waals surface area contributed by atoms with Crippen molar-refractivity contribution in [3.8, 4) is 0 Å². The molecule has 1 aromatic carbocycles. The Morgan fingerprint density at radius 3 is 2.77 bits per heavy atom. The van der Waals surface area contributed by atoms with E-state index >= 15 is 0 Å². The van der Waals surface area contributed by atoms with E-state index in [-0.39, 0.29) is 11.9 Å². The standard InChI is InChI=1S/C17H20N4O/c1-12(2)19-16(22)15-7-9-18-17(20-15)21-10-8-13-5-3-4-6-14(13)11-21/h3-7,9,12H,8,10-11H2,1-2H3,(H,19,22). The van der Waals surface area contributed by atoms with E-state index < -0.39 is 0 Å². The van der Waals surface area contributed by atoms with Crippen LogP contribution >= 0.6 is 0 Å². The predicted octanol–water partition coefficient (Wildman–Crippen LogP) is 2.18. The van der Waals surface area contributed by atoms with E-state index in [0.717, 1.165) is 19.5 Å². The molecule has 0 radical (unpaired) electrons. The van der Waals surface area contributed by atoms with Crippen LogP contribution in [0.4, 0.5) is 5.95 Å². The van der Waals surface area contributed by atoms with Gasteiger partial charge in [-0.15, -0.1) is 0 Å². The predicted molar refractivity (Wildman–Crippen MR) is 85.8 cm³/mol. The summed E-state index contributed by atoms with van der Waals surface area (Å²) in [7, 11) is 0. The fraction of sp³-hybridized carbons (Fsp3) is 0.353. The first-order valence-electron chi connectivity index (χ1n) is 7.59. The maximum absolute atomic E-state index is 12.1. The smallest absolute Gasteiger partial charge is 0.270 e. The van der Waals surface area contributed by atoms with Crippen molar-refractivity contribution in [3.63, 3.8) is 0 Å². The van der Waals surface area contributed by atoms with Crippen LogP contribution in [0.15, 0.2) is 36.5 Å². The molecule has 2 heterocycles. The summed E-state index contributed by atoms with van der Waals surface area (Å²) < 4.78 is 0. The van der Waals surface area contributed by atoms with Gasteiger partial charge in [0.25, 0.3) is 5.91 Å². The Bertz CT molecular complexity index is 684. The second-order valence-corrected chi connectivity index (χ2v) is 5.81. The van der Waals surface area contributed by atoms with Gasteiger partial charge in [-0.3, -0.25) is 4.79 Å². The van der Waals surface area contributed by atoms with Gasteiger partial charge in [0.05, 0.1) is 0 Å². The van der Waals surface area contributed by atoms with Gasteiger partial charge in [0.1, 0.15) is 5.69 Å². The maximum Gasteiger partial charge on any atom is 0.270 e. The van der Waals surface area contributed by atoms with Gasteiger partial charge in [-0.1, -0.05) is 24.3 Å². The van der Waals surface area contributed by atoms with E-state index in [0.29, 0.717) is 11.6 Å². The van der Waals surface area contributed by atoms with E-state index in [9.17, 15) is 4.79 Å². The van der Waals surface area contributed by atoms with Crippen molar-refractivity contribution in [3.05, 3.63) is 53.3 Å². The third-order valence-corrected chi connectivity index (χ3v) is 3.71. The number of rotatable bonds is 3. The topological polar surface area (TPSA) is 58.1 Å². The largest absolute Gasteiger partial charge is 0.349 e. The fourth-order valence-corrected chi connectivity index (χ4v) is 2.63. The molecule has 3 rings (SSSR count). The average Bonchev–Trinajstić information content (AvgIpc) is 2.54. The number of anilines is 1. The quantitative estimate of drug-likeness (QED) is 0.943. The third kappa shape index (κ3) is 3.08. The van der Waals surface area contributed by atoms with Crippen LogP contribution in [0.5, 0.6) is 0 Å². The minimum absolute atomic E-state index is 0.0905. The molecule has 22 heavy (non-hydrogen) atoms. The minimum atomic E-state index is -0.156. The Morgan fingerprint density at radius 2 is 2.00 bits per heavy atom. The summed E-state index contributed by atoms with van der Waals surface area (Å²) in [6.07, 6.45) is 2.63. The molecule has 0 unspecified atom stereocenters. The van der Waals surface area contributed by atoms with Crippen LogP contribution in [0, 0.1) is 0 Å². The Kier molecular flexibility index (Phi) is 4.04. The highest BCUT2D eigenvalue weighted by molar-refractivity contribution is 5.92. The van der Waals surface area contributed by atoms with Gasteiger partial charge in [-0.25, -0.2) is 9.97 Å². The molecule has 1 amide bonds. The van der Waals surface area contributed by atoms with Crippen LogP contribution < -0.4 is 10.2 Å². The number of aromatic nitrogens is 2. The molecule has 0 spiro atoms. The number of hydrogen-bond donors (Lipinski definition) is 1. The van der Waals surface area contributed by atoms with E-state index in [4.69, 9.17) is 0 Å². The summed E-state index contributed by atoms with van der Waals surface area (Å²) in [5, 5.41) is 2.86. The molecule has 0 atom stereocenters. The molecule has 5 nitrogen and oxygen atoms in total. The highest BCUT2D eigenvalue weighted by Gasteiger charge is 2.19. The molecule has 0 fully saturated rings. The lowest BCUT2D eigenvalue weighted by atomic mass is 10.0. The van der Waals surface area contributed by atoms with E-state index in [1.807, 2.05) is 13.8 Å². The van der Waals surface area contributed by atoms with E-state index in [1.165, 1.54) is 11.1 Å². The monoisotopic (exact) mass is 296 g/mol. The first kappa shape index (κ1) is 14.5. The summed E-state index contributed by atoms with van der Waals surface area (Å²) in [6.45, 7) is 5.51. The first-order valence-corrected chi connectivity index (χ1v) is 7.59. The van der Waals surface area contributed by atoms with Gasteiger partial charge >= 0.3 is 0 Å². The molecule has 1 aliphatic rings. The molecule has 2 aromatic rings. The minimum Gasteiger partial charge on any atom is -0.349 e. The van der Waals surface area contributed by atoms with Crippen molar-refractivity contribution in [1.82, 2.24) is 15.3 Å². The molecule has 0 saturated carbocycles. The number of fused-ring (bicyclic) bond motifs is 1. The Balaban J connectivity index is 1.80. The van der Waals surface area contributed by atoms with Crippen molar-refractivity contribution < 1.29 is 4.79 Å². The van der Waals surface area contributed by atoms with Crippen LogP contribution in [0.2, 0.25) is 0 Å². The molecule has 0 aliphatic carbocycles. The van der Waals surface area contributed by atoms with Crippen LogP contribution in [0.3, 0.4) is 0 Å². The number of benzene rings is 1. The Morgan fingerprint density at radius 1 is 1.23 bits per heavy atom. The zero-order valence-corrected chi connectivity index (χ0v) is 12.9. The van der Waals surface area contributed by atoms with Crippen LogP contribution in [0.25, 0.3) is 0 Å². The van der Waals surface area contributed by atoms with Crippen LogP contribution in [0.1, 0.15) is 35.5 Å². The number of nitrogens with one attached hydrogen (secondary N) is 1. The number of nitrogens with zero attached hydrogens (tertiary/aromatic N) is 3. The molecule has 5 heteroatoms. The maximum atomic E-state index is 12.1. The van der Waals surface area contributed by atoms with E-state index in [2.05, 4.69) is 44.5 Å². The van der Waals surface area contributed by atoms with Crippen LogP contribution in [-0.2, 0) is 13.0 Å². The zero-order valence-electron chi connectivity index (χ0n) is 12.9. The summed E-state index contributed by atoms with van der Waals surface area (Å²) >= 11 is 0. The molecule has 1 aromatic heterocycles. The number of carbonyl (C=O) groups is 1. The van der Waals surface area contributed by atoms with Gasteiger partial charge in [-0.2, -0.15) is 0 Å². The van der Waals surface area contributed by atoms with Gasteiger partial charge in [0.2, 0.25) is 5.95 Å². The highest BCUT2D eigenvalue weighted by atomic mass is 16.1. The molecular weight excluding hydrogens is 276 g/mol. The molecular formula is C17H20N4O. The molecule has 0 saturated heterocycles. The Hall–Kier alpha value is -2.43. The summed E-state index contributed by atoms with van der Waals surface area (Å²) in [6, 6.07) is 10.2. The highest BCUT2D eigenvalue weighted by Crippen LogP contribution is 2.21. The van der Waals surface area contributed by atoms with E-state index in [1.54, 1.807) is 12.3 Å². The third-order valence-electron chi connectivity index (χ3n) is 3.71. The number of hydrogen-bond acceptors (Lipinski definition) is 4. The molecule has 1 aliphatic heterocycles. The lowest BCUT2D eigenvalue weighted by molar-refractivity contribution is 0.0938. The van der Waals surface area contributed by atoms with Gasteiger partial charge < -0.3 is 10.2 Å². The van der Waals surface area contributed by atoms with Crippen molar-refractivity contribution in [2.45, 2.75) is 32.9 Å². The van der Waals surface area contributed by atoms with Gasteiger partial charge in [0, 0.05) is 25.3 Å². The van der Waals surface area contributed by atoms with Crippen LogP contribution in [-0.4, -0.2) is 28.5 Å². The second-order valence-electron chi connectivity index (χ2n) is 5.81. The summed E-state index contributed by atoms with van der Waals surface area (Å²) in [5.74, 6) is 0.460. The SMILES string of the molecule is CC(C)NC(=O)c1ccnc(N2CCc3ccccc3C2)n1. The molecule has 1 N–H and O–H groups in total. The normalized spacial score (nSPS) is 13.9. The number of amides is 1. The van der Waals surface area contributed by atoms with Crippen molar-refractivity contribution in [1.29, 1.82) is 0 Å². The molecule has 0 bridgehead atoms. The lowest BCUT2D eigenvalue weighted by Gasteiger charge is -2.28. The van der Waals surface area contributed by atoms with Gasteiger partial charge in [-0.05, 0) is 37.5 Å². The fourth-order valence-electron chi connectivity index (χ4n) is 2.63. The Labute approximate surface area is 130 Å². The van der Waals surface area contributed by atoms with Crippen molar-refractivity contribution in [2.75, 3.05) is 11.4 Å². The summed E-state index contributed by atoms with van der Waals surface area (Å²) in [5.41, 5.74) is 3.10. The first-order chi connectivity index (χ1) is 10.6. The van der Waals surface area contributed by atoms with Crippen molar-refractivity contribution >= 4 is 11.9 Å². The number of carbonyl (C=O) groups excluding carboxylic acids is 1. The second kappa shape index (κ2) is 6.13.